The summed E-state index contributed by atoms with van der Waals surface area (Å²) >= 11 is 0. The monoisotopic (exact) mass is 380 g/mol. The van der Waals surface area contributed by atoms with Gasteiger partial charge in [-0.1, -0.05) is 32.9 Å². The molecular formula is C20H32N2O3S. The maximum atomic E-state index is 13.3. The van der Waals surface area contributed by atoms with Gasteiger partial charge in [-0.05, 0) is 56.9 Å². The van der Waals surface area contributed by atoms with Crippen molar-refractivity contribution in [1.82, 2.24) is 9.21 Å². The maximum absolute atomic E-state index is 13.3. The van der Waals surface area contributed by atoms with Crippen molar-refractivity contribution in [3.05, 3.63) is 24.3 Å². The first kappa shape index (κ1) is 19.6. The molecule has 0 aromatic heterocycles. The summed E-state index contributed by atoms with van der Waals surface area (Å²) < 4.78 is 34.5. The van der Waals surface area contributed by atoms with Gasteiger partial charge in [0.2, 0.25) is 10.0 Å². The molecule has 1 aromatic rings. The SMILES string of the molecule is CCCN1CCC2(CC1)COc1ccccc1S(=O)(=O)N(CC(C)C)C2. The molecule has 1 saturated heterocycles. The number of fused-ring (bicyclic) bond motifs is 1. The lowest BCUT2D eigenvalue weighted by Crippen LogP contribution is -2.52. The Kier molecular flexibility index (Phi) is 5.94. The van der Waals surface area contributed by atoms with E-state index in [4.69, 9.17) is 4.74 Å². The van der Waals surface area contributed by atoms with E-state index in [1.807, 2.05) is 6.07 Å². The van der Waals surface area contributed by atoms with Crippen LogP contribution in [0.2, 0.25) is 0 Å². The number of nitrogens with zero attached hydrogens (tertiary/aromatic N) is 2. The van der Waals surface area contributed by atoms with Gasteiger partial charge in [0, 0.05) is 18.5 Å². The zero-order valence-corrected chi connectivity index (χ0v) is 17.1. The van der Waals surface area contributed by atoms with Gasteiger partial charge in [0.25, 0.3) is 0 Å². The highest BCUT2D eigenvalue weighted by Crippen LogP contribution is 2.39. The van der Waals surface area contributed by atoms with Gasteiger partial charge >= 0.3 is 0 Å². The smallest absolute Gasteiger partial charge is 0.246 e. The summed E-state index contributed by atoms with van der Waals surface area (Å²) in [6, 6.07) is 7.07. The summed E-state index contributed by atoms with van der Waals surface area (Å²) in [5, 5.41) is 0. The van der Waals surface area contributed by atoms with E-state index >= 15 is 0 Å². The lowest BCUT2D eigenvalue weighted by Gasteiger charge is -2.45. The lowest BCUT2D eigenvalue weighted by molar-refractivity contribution is 0.0336. The summed E-state index contributed by atoms with van der Waals surface area (Å²) in [6.07, 6.45) is 3.13. The second kappa shape index (κ2) is 7.87. The molecule has 0 aliphatic carbocycles. The van der Waals surface area contributed by atoms with Crippen LogP contribution in [0.3, 0.4) is 0 Å². The fraction of sp³-hybridized carbons (Fsp3) is 0.700. The first-order chi connectivity index (χ1) is 12.4. The summed E-state index contributed by atoms with van der Waals surface area (Å²) in [5.74, 6) is 0.783. The zero-order chi connectivity index (χ0) is 18.8. The van der Waals surface area contributed by atoms with Crippen LogP contribution in [0.25, 0.3) is 0 Å². The second-order valence-corrected chi connectivity index (χ2v) is 10.2. The van der Waals surface area contributed by atoms with Crippen molar-refractivity contribution in [3.8, 4) is 5.75 Å². The van der Waals surface area contributed by atoms with E-state index in [-0.39, 0.29) is 11.3 Å². The van der Waals surface area contributed by atoms with Crippen LogP contribution in [0.1, 0.15) is 40.0 Å². The molecule has 3 rings (SSSR count). The molecule has 1 fully saturated rings. The van der Waals surface area contributed by atoms with E-state index in [0.717, 1.165) is 38.9 Å². The Morgan fingerprint density at radius 3 is 2.54 bits per heavy atom. The Morgan fingerprint density at radius 1 is 1.19 bits per heavy atom. The first-order valence-electron chi connectivity index (χ1n) is 9.81. The minimum atomic E-state index is -3.54. The molecular weight excluding hydrogens is 348 g/mol. The summed E-state index contributed by atoms with van der Waals surface area (Å²) in [4.78, 5) is 2.79. The predicted octanol–water partition coefficient (Wildman–Crippen LogP) is 3.22. The number of para-hydroxylation sites is 1. The summed E-state index contributed by atoms with van der Waals surface area (Å²) in [5.41, 5.74) is -0.0975. The normalized spacial score (nSPS) is 23.2. The maximum Gasteiger partial charge on any atom is 0.246 e. The fourth-order valence-corrected chi connectivity index (χ4v) is 5.94. The quantitative estimate of drug-likeness (QED) is 0.805. The van der Waals surface area contributed by atoms with Crippen LogP contribution in [0.4, 0.5) is 0 Å². The third kappa shape index (κ3) is 4.07. The number of sulfonamides is 1. The number of benzene rings is 1. The van der Waals surface area contributed by atoms with E-state index < -0.39 is 10.0 Å². The first-order valence-corrected chi connectivity index (χ1v) is 11.2. The van der Waals surface area contributed by atoms with Gasteiger partial charge in [-0.3, -0.25) is 0 Å². The second-order valence-electron chi connectivity index (χ2n) is 8.27. The molecule has 0 unspecified atom stereocenters. The molecule has 2 aliphatic rings. The fourth-order valence-electron chi connectivity index (χ4n) is 4.10. The Labute approximate surface area is 158 Å². The largest absolute Gasteiger partial charge is 0.492 e. The van der Waals surface area contributed by atoms with Crippen LogP contribution >= 0.6 is 0 Å². The molecule has 0 radical (unpaired) electrons. The number of hydrogen-bond acceptors (Lipinski definition) is 4. The molecule has 0 bridgehead atoms. The van der Waals surface area contributed by atoms with Crippen molar-refractivity contribution < 1.29 is 13.2 Å². The van der Waals surface area contributed by atoms with Gasteiger partial charge in [-0.15, -0.1) is 0 Å². The lowest BCUT2D eigenvalue weighted by atomic mass is 9.78. The molecule has 26 heavy (non-hydrogen) atoms. The average Bonchev–Trinajstić information content (AvgIpc) is 2.61. The molecule has 2 heterocycles. The van der Waals surface area contributed by atoms with Crippen LogP contribution in [0.15, 0.2) is 29.2 Å². The topological polar surface area (TPSA) is 49.9 Å². The molecule has 0 N–H and O–H groups in total. The van der Waals surface area contributed by atoms with E-state index in [1.54, 1.807) is 22.5 Å². The number of piperidine rings is 1. The van der Waals surface area contributed by atoms with Crippen molar-refractivity contribution in [2.24, 2.45) is 11.3 Å². The van der Waals surface area contributed by atoms with E-state index in [0.29, 0.717) is 30.3 Å². The number of rotatable bonds is 4. The van der Waals surface area contributed by atoms with Gasteiger partial charge < -0.3 is 9.64 Å². The van der Waals surface area contributed by atoms with E-state index in [9.17, 15) is 8.42 Å². The molecule has 1 aromatic carbocycles. The van der Waals surface area contributed by atoms with Gasteiger partial charge in [0.05, 0.1) is 6.61 Å². The minimum absolute atomic E-state index is 0.0975. The molecule has 146 valence electrons. The van der Waals surface area contributed by atoms with Crippen LogP contribution in [-0.4, -0.2) is 57.0 Å². The molecule has 2 aliphatic heterocycles. The highest BCUT2D eigenvalue weighted by molar-refractivity contribution is 7.89. The van der Waals surface area contributed by atoms with Gasteiger partial charge in [-0.25, -0.2) is 8.42 Å². The number of hydrogen-bond donors (Lipinski definition) is 0. The van der Waals surface area contributed by atoms with Crippen LogP contribution in [-0.2, 0) is 10.0 Å². The summed E-state index contributed by atoms with van der Waals surface area (Å²) in [6.45, 7) is 11.2. The Hall–Kier alpha value is -1.11. The molecule has 0 saturated carbocycles. The number of ether oxygens (including phenoxy) is 1. The van der Waals surface area contributed by atoms with Gasteiger partial charge in [-0.2, -0.15) is 4.31 Å². The van der Waals surface area contributed by atoms with Gasteiger partial charge in [0.15, 0.2) is 0 Å². The van der Waals surface area contributed by atoms with E-state index in [1.165, 1.54) is 0 Å². The third-order valence-corrected chi connectivity index (χ3v) is 7.39. The summed E-state index contributed by atoms with van der Waals surface area (Å²) in [7, 11) is -3.54. The van der Waals surface area contributed by atoms with Crippen molar-refractivity contribution in [1.29, 1.82) is 0 Å². The Balaban J connectivity index is 1.92. The molecule has 6 heteroatoms. The Morgan fingerprint density at radius 2 is 1.88 bits per heavy atom. The molecule has 0 amide bonds. The average molecular weight is 381 g/mol. The standard InChI is InChI=1S/C20H32N2O3S/c1-4-11-21-12-9-20(10-13-21)15-22(14-17(2)3)26(23,24)19-8-6-5-7-18(19)25-16-20/h5-8,17H,4,9-16H2,1-3H3. The minimum Gasteiger partial charge on any atom is -0.492 e. The van der Waals surface area contributed by atoms with Crippen LogP contribution in [0, 0.1) is 11.3 Å². The molecule has 1 spiro atoms. The molecule has 5 nitrogen and oxygen atoms in total. The van der Waals surface area contributed by atoms with Crippen molar-refractivity contribution in [2.75, 3.05) is 39.3 Å². The molecule has 0 atom stereocenters. The number of likely N-dealkylation sites (tertiary alicyclic amines) is 1. The predicted molar refractivity (Wildman–Crippen MR) is 104 cm³/mol. The van der Waals surface area contributed by atoms with Crippen LogP contribution in [0.5, 0.6) is 5.75 Å². The van der Waals surface area contributed by atoms with Crippen molar-refractivity contribution in [3.63, 3.8) is 0 Å². The highest BCUT2D eigenvalue weighted by Gasteiger charge is 2.42. The van der Waals surface area contributed by atoms with Crippen molar-refractivity contribution >= 4 is 10.0 Å². The zero-order valence-electron chi connectivity index (χ0n) is 16.3. The van der Waals surface area contributed by atoms with E-state index in [2.05, 4.69) is 25.7 Å². The van der Waals surface area contributed by atoms with Crippen LogP contribution < -0.4 is 4.74 Å². The highest BCUT2D eigenvalue weighted by atomic mass is 32.2. The third-order valence-electron chi connectivity index (χ3n) is 5.54. The van der Waals surface area contributed by atoms with Crippen molar-refractivity contribution in [2.45, 2.75) is 44.9 Å². The van der Waals surface area contributed by atoms with Gasteiger partial charge in [0.1, 0.15) is 10.6 Å². The Bertz CT molecular complexity index is 710.